The topological polar surface area (TPSA) is 47.9 Å². The highest BCUT2D eigenvalue weighted by atomic mass is 16.5. The minimum absolute atomic E-state index is 0.212. The summed E-state index contributed by atoms with van der Waals surface area (Å²) in [6, 6.07) is 66.5. The predicted molar refractivity (Wildman–Crippen MR) is 230 cm³/mol. The molecule has 11 rings (SSSR count). The molecule has 0 N–H and O–H groups in total. The van der Waals surface area contributed by atoms with Gasteiger partial charge in [-0.15, -0.1) is 0 Å². The molecule has 8 aromatic carbocycles. The summed E-state index contributed by atoms with van der Waals surface area (Å²) in [6.45, 7) is 4.68. The molecule has 1 aliphatic heterocycles. The maximum Gasteiger partial charge on any atom is 0.164 e. The van der Waals surface area contributed by atoms with Gasteiger partial charge in [0.15, 0.2) is 17.5 Å². The highest BCUT2D eigenvalue weighted by Crippen LogP contribution is 2.61. The number of rotatable bonds is 4. The number of hydrogen-bond acceptors (Lipinski definition) is 4. The lowest BCUT2D eigenvalue weighted by Gasteiger charge is -2.50. The van der Waals surface area contributed by atoms with Crippen molar-refractivity contribution in [1.29, 1.82) is 0 Å². The van der Waals surface area contributed by atoms with Crippen LogP contribution in [0.1, 0.15) is 47.2 Å². The summed E-state index contributed by atoms with van der Waals surface area (Å²) in [4.78, 5) is 15.7. The van der Waals surface area contributed by atoms with Crippen molar-refractivity contribution < 1.29 is 4.74 Å². The van der Waals surface area contributed by atoms with Crippen LogP contribution in [0.15, 0.2) is 188 Å². The first-order valence-electron chi connectivity index (χ1n) is 19.5. The summed E-state index contributed by atoms with van der Waals surface area (Å²) >= 11 is 0. The molecule has 1 aliphatic carbocycles. The van der Waals surface area contributed by atoms with Crippen LogP contribution in [-0.4, -0.2) is 15.0 Å². The fourth-order valence-corrected chi connectivity index (χ4v) is 9.47. The number of nitrogens with zero attached hydrogens (tertiary/aromatic N) is 3. The van der Waals surface area contributed by atoms with Crippen LogP contribution >= 0.6 is 0 Å². The Bertz CT molecular complexity index is 2980. The minimum atomic E-state index is -0.648. The summed E-state index contributed by atoms with van der Waals surface area (Å²) in [5, 5.41) is 2.23. The molecule has 4 nitrogen and oxygen atoms in total. The van der Waals surface area contributed by atoms with Crippen molar-refractivity contribution >= 4 is 10.8 Å². The molecule has 0 atom stereocenters. The highest BCUT2D eigenvalue weighted by Gasteiger charge is 2.52. The molecule has 0 fully saturated rings. The average Bonchev–Trinajstić information content (AvgIpc) is 3.28. The number of aromatic nitrogens is 3. The summed E-state index contributed by atoms with van der Waals surface area (Å²) < 4.78 is 6.81. The van der Waals surface area contributed by atoms with E-state index in [1.165, 1.54) is 33.4 Å². The van der Waals surface area contributed by atoms with Crippen molar-refractivity contribution in [3.63, 3.8) is 0 Å². The standard InChI is InChI=1S/C53H37N3O/c1-52(2)41-23-11-13-25-43(41)53(44-26-14-12-24-42(44)52)45-27-15-16-28-47(45)57-48-32-29-36(33-46(48)53)50-54-49(35-19-7-4-8-20-35)55-51(56-50)40-31-30-37(34-17-5-3-6-18-34)38-21-9-10-22-39(38)40/h3-33H,1-2H3. The van der Waals surface area contributed by atoms with E-state index in [1.54, 1.807) is 0 Å². The van der Waals surface area contributed by atoms with Gasteiger partial charge in [0.2, 0.25) is 0 Å². The zero-order valence-electron chi connectivity index (χ0n) is 31.6. The van der Waals surface area contributed by atoms with E-state index in [2.05, 4.69) is 184 Å². The number of fused-ring (bicyclic) bond motifs is 9. The third kappa shape index (κ3) is 4.97. The lowest BCUT2D eigenvalue weighted by molar-refractivity contribution is 0.425. The predicted octanol–water partition coefficient (Wildman–Crippen LogP) is 12.8. The van der Waals surface area contributed by atoms with Gasteiger partial charge in [0.05, 0.1) is 5.41 Å². The first-order chi connectivity index (χ1) is 28.0. The maximum absolute atomic E-state index is 6.81. The Labute approximate surface area is 332 Å². The van der Waals surface area contributed by atoms with Gasteiger partial charge < -0.3 is 4.74 Å². The molecule has 270 valence electrons. The summed E-state index contributed by atoms with van der Waals surface area (Å²) in [5.41, 5.74) is 11.6. The molecular weight excluding hydrogens is 695 g/mol. The van der Waals surface area contributed by atoms with Crippen molar-refractivity contribution in [2.75, 3.05) is 0 Å². The van der Waals surface area contributed by atoms with Crippen LogP contribution in [0.25, 0.3) is 56.1 Å². The molecular formula is C53H37N3O. The van der Waals surface area contributed by atoms with Crippen molar-refractivity contribution in [2.24, 2.45) is 0 Å². The van der Waals surface area contributed by atoms with E-state index in [1.807, 2.05) is 18.2 Å². The van der Waals surface area contributed by atoms with Crippen molar-refractivity contribution in [2.45, 2.75) is 24.7 Å². The van der Waals surface area contributed by atoms with Gasteiger partial charge in [-0.1, -0.05) is 172 Å². The quantitative estimate of drug-likeness (QED) is 0.181. The molecule has 9 aromatic rings. The molecule has 0 bridgehead atoms. The van der Waals surface area contributed by atoms with E-state index >= 15 is 0 Å². The largest absolute Gasteiger partial charge is 0.457 e. The van der Waals surface area contributed by atoms with Crippen LogP contribution < -0.4 is 4.74 Å². The van der Waals surface area contributed by atoms with E-state index < -0.39 is 5.41 Å². The second-order valence-corrected chi connectivity index (χ2v) is 15.5. The molecule has 0 radical (unpaired) electrons. The maximum atomic E-state index is 6.81. The molecule has 57 heavy (non-hydrogen) atoms. The fourth-order valence-electron chi connectivity index (χ4n) is 9.47. The lowest BCUT2D eigenvalue weighted by Crippen LogP contribution is -2.43. The number of para-hydroxylation sites is 1. The molecule has 2 heterocycles. The first kappa shape index (κ1) is 33.2. The Hall–Kier alpha value is -7.17. The molecule has 1 spiro atoms. The smallest absolute Gasteiger partial charge is 0.164 e. The third-order valence-electron chi connectivity index (χ3n) is 12.1. The number of hydrogen-bond donors (Lipinski definition) is 0. The average molecular weight is 732 g/mol. The Kier molecular flexibility index (Phi) is 7.39. The molecule has 2 aliphatic rings. The molecule has 4 heteroatoms. The van der Waals surface area contributed by atoms with Crippen molar-refractivity contribution in [3.05, 3.63) is 221 Å². The first-order valence-corrected chi connectivity index (χ1v) is 19.5. The van der Waals surface area contributed by atoms with Gasteiger partial charge in [0.25, 0.3) is 0 Å². The SMILES string of the molecule is CC1(C)c2ccccc2C2(c3ccccc3Oc3ccc(-c4nc(-c5ccccc5)nc(-c5ccc(-c6ccccc6)c6ccccc56)n4)cc32)c2ccccc21. The number of ether oxygens (including phenoxy) is 1. The monoisotopic (exact) mass is 731 g/mol. The van der Waals surface area contributed by atoms with Gasteiger partial charge in [-0.25, -0.2) is 15.0 Å². The van der Waals surface area contributed by atoms with Gasteiger partial charge >= 0.3 is 0 Å². The third-order valence-corrected chi connectivity index (χ3v) is 12.1. The summed E-state index contributed by atoms with van der Waals surface area (Å²) in [6.07, 6.45) is 0. The molecule has 1 aromatic heterocycles. The lowest BCUT2D eigenvalue weighted by atomic mass is 9.53. The molecule has 0 saturated carbocycles. The number of benzene rings is 8. The molecule has 0 saturated heterocycles. The van der Waals surface area contributed by atoms with Crippen LogP contribution in [0.2, 0.25) is 0 Å². The normalized spacial score (nSPS) is 14.2. The van der Waals surface area contributed by atoms with Crippen LogP contribution in [0.4, 0.5) is 0 Å². The summed E-state index contributed by atoms with van der Waals surface area (Å²) in [7, 11) is 0. The van der Waals surface area contributed by atoms with Gasteiger partial charge in [0, 0.05) is 33.2 Å². The Balaban J connectivity index is 1.17. The van der Waals surface area contributed by atoms with E-state index in [4.69, 9.17) is 19.7 Å². The van der Waals surface area contributed by atoms with Crippen molar-refractivity contribution in [3.8, 4) is 56.8 Å². The molecule has 0 unspecified atom stereocenters. The van der Waals surface area contributed by atoms with E-state index in [0.29, 0.717) is 17.5 Å². The Morgan fingerprint density at radius 3 is 1.49 bits per heavy atom. The zero-order chi connectivity index (χ0) is 38.1. The zero-order valence-corrected chi connectivity index (χ0v) is 31.6. The van der Waals surface area contributed by atoms with Gasteiger partial charge in [-0.2, -0.15) is 0 Å². The molecule has 0 amide bonds. The van der Waals surface area contributed by atoms with Crippen molar-refractivity contribution in [1.82, 2.24) is 15.0 Å². The van der Waals surface area contributed by atoms with Crippen LogP contribution in [-0.2, 0) is 10.8 Å². The second-order valence-electron chi connectivity index (χ2n) is 15.5. The highest BCUT2D eigenvalue weighted by molar-refractivity contribution is 6.04. The van der Waals surface area contributed by atoms with Crippen LogP contribution in [0.3, 0.4) is 0 Å². The van der Waals surface area contributed by atoms with E-state index in [0.717, 1.165) is 50.1 Å². The second kappa shape index (κ2) is 12.7. The van der Waals surface area contributed by atoms with Gasteiger partial charge in [-0.3, -0.25) is 0 Å². The summed E-state index contributed by atoms with van der Waals surface area (Å²) in [5.74, 6) is 3.53. The Morgan fingerprint density at radius 1 is 0.351 bits per heavy atom. The minimum Gasteiger partial charge on any atom is -0.457 e. The van der Waals surface area contributed by atoms with Gasteiger partial charge in [0.1, 0.15) is 11.5 Å². The van der Waals surface area contributed by atoms with E-state index in [-0.39, 0.29) is 5.41 Å². The Morgan fingerprint density at radius 2 is 0.825 bits per heavy atom. The van der Waals surface area contributed by atoms with Gasteiger partial charge in [-0.05, 0) is 74.5 Å². The van der Waals surface area contributed by atoms with Crippen LogP contribution in [0, 0.1) is 0 Å². The fraction of sp³-hybridized carbons (Fsp3) is 0.0755. The van der Waals surface area contributed by atoms with Crippen LogP contribution in [0.5, 0.6) is 11.5 Å². The van der Waals surface area contributed by atoms with E-state index in [9.17, 15) is 0 Å².